The molecule has 3 rings (SSSR count). The Morgan fingerprint density at radius 3 is 2.38 bits per heavy atom. The van der Waals surface area contributed by atoms with E-state index < -0.39 is 5.97 Å². The zero-order valence-electron chi connectivity index (χ0n) is 13.7. The Bertz CT molecular complexity index is 854. The monoisotopic (exact) mass is 320 g/mol. The van der Waals surface area contributed by atoms with E-state index in [0.29, 0.717) is 12.2 Å². The van der Waals surface area contributed by atoms with Crippen molar-refractivity contribution >= 4 is 16.7 Å². The van der Waals surface area contributed by atoms with Gasteiger partial charge in [0.05, 0.1) is 12.2 Å². The van der Waals surface area contributed by atoms with Crippen molar-refractivity contribution in [2.75, 3.05) is 6.61 Å². The van der Waals surface area contributed by atoms with Crippen LogP contribution in [0.5, 0.6) is 5.75 Å². The standard InChI is InChI=1S/C21H20O3/c1-2-3-13-24-21(23)18-14-19(22)16-11-7-8-12-17(16)20(18)15-9-5-4-6-10-15/h4-12,14,22H,2-3,13H2,1H3. The van der Waals surface area contributed by atoms with E-state index in [-0.39, 0.29) is 5.75 Å². The Labute approximate surface area is 141 Å². The van der Waals surface area contributed by atoms with Crippen LogP contribution >= 0.6 is 0 Å². The molecule has 3 aromatic rings. The molecule has 1 N–H and O–H groups in total. The lowest BCUT2D eigenvalue weighted by atomic mass is 9.92. The van der Waals surface area contributed by atoms with Crippen LogP contribution in [0.2, 0.25) is 0 Å². The second kappa shape index (κ2) is 7.18. The topological polar surface area (TPSA) is 46.5 Å². The van der Waals surface area contributed by atoms with Gasteiger partial charge in [0.2, 0.25) is 0 Å². The highest BCUT2D eigenvalue weighted by molar-refractivity contribution is 6.10. The zero-order chi connectivity index (χ0) is 16.9. The summed E-state index contributed by atoms with van der Waals surface area (Å²) in [5.41, 5.74) is 2.12. The molecule has 0 unspecified atom stereocenters. The number of carbonyl (C=O) groups excluding carboxylic acids is 1. The SMILES string of the molecule is CCCCOC(=O)c1cc(O)c2ccccc2c1-c1ccccc1. The number of unbranched alkanes of at least 4 members (excludes halogenated alkanes) is 1. The van der Waals surface area contributed by atoms with Crippen LogP contribution in [0.25, 0.3) is 21.9 Å². The van der Waals surface area contributed by atoms with Crippen LogP contribution in [-0.2, 0) is 4.74 Å². The van der Waals surface area contributed by atoms with Crippen LogP contribution in [0, 0.1) is 0 Å². The quantitative estimate of drug-likeness (QED) is 0.521. The van der Waals surface area contributed by atoms with Crippen LogP contribution in [0.3, 0.4) is 0 Å². The van der Waals surface area contributed by atoms with E-state index >= 15 is 0 Å². The average molecular weight is 320 g/mol. The van der Waals surface area contributed by atoms with Gasteiger partial charge in [0.1, 0.15) is 5.75 Å². The van der Waals surface area contributed by atoms with Crippen LogP contribution in [0.15, 0.2) is 60.7 Å². The van der Waals surface area contributed by atoms with Gasteiger partial charge < -0.3 is 9.84 Å². The molecule has 24 heavy (non-hydrogen) atoms. The average Bonchev–Trinajstić information content (AvgIpc) is 2.62. The van der Waals surface area contributed by atoms with Crippen LogP contribution in [0.4, 0.5) is 0 Å². The van der Waals surface area contributed by atoms with Crippen molar-refractivity contribution in [3.05, 3.63) is 66.2 Å². The molecule has 0 aliphatic heterocycles. The summed E-state index contributed by atoms with van der Waals surface area (Å²) in [6.07, 6.45) is 1.79. The minimum atomic E-state index is -0.400. The van der Waals surface area contributed by atoms with Gasteiger partial charge >= 0.3 is 5.97 Å². The lowest BCUT2D eigenvalue weighted by molar-refractivity contribution is 0.0500. The molecule has 0 saturated heterocycles. The van der Waals surface area contributed by atoms with E-state index in [1.54, 1.807) is 0 Å². The highest BCUT2D eigenvalue weighted by Crippen LogP contribution is 2.37. The number of phenolic OH excluding ortho intramolecular Hbond substituents is 1. The zero-order valence-corrected chi connectivity index (χ0v) is 13.7. The fourth-order valence-corrected chi connectivity index (χ4v) is 2.82. The normalized spacial score (nSPS) is 10.7. The molecule has 0 aliphatic rings. The Morgan fingerprint density at radius 2 is 1.67 bits per heavy atom. The third-order valence-electron chi connectivity index (χ3n) is 4.04. The molecule has 0 amide bonds. The highest BCUT2D eigenvalue weighted by atomic mass is 16.5. The van der Waals surface area contributed by atoms with E-state index in [4.69, 9.17) is 4.74 Å². The first-order chi connectivity index (χ1) is 11.7. The van der Waals surface area contributed by atoms with E-state index in [2.05, 4.69) is 0 Å². The van der Waals surface area contributed by atoms with E-state index in [0.717, 1.165) is 34.7 Å². The number of hydrogen-bond acceptors (Lipinski definition) is 3. The maximum absolute atomic E-state index is 12.6. The van der Waals surface area contributed by atoms with E-state index in [9.17, 15) is 9.90 Å². The highest BCUT2D eigenvalue weighted by Gasteiger charge is 2.19. The lowest BCUT2D eigenvalue weighted by Crippen LogP contribution is -2.08. The fraction of sp³-hybridized carbons (Fsp3) is 0.190. The first kappa shape index (κ1) is 16.1. The summed E-state index contributed by atoms with van der Waals surface area (Å²) >= 11 is 0. The fourth-order valence-electron chi connectivity index (χ4n) is 2.82. The van der Waals surface area contributed by atoms with Gasteiger partial charge in [-0.25, -0.2) is 4.79 Å². The summed E-state index contributed by atoms with van der Waals surface area (Å²) in [5, 5.41) is 11.9. The molecule has 122 valence electrons. The summed E-state index contributed by atoms with van der Waals surface area (Å²) < 4.78 is 5.38. The van der Waals surface area contributed by atoms with Crippen molar-refractivity contribution in [1.82, 2.24) is 0 Å². The van der Waals surface area contributed by atoms with Gasteiger partial charge in [-0.1, -0.05) is 67.9 Å². The number of ether oxygens (including phenoxy) is 1. The summed E-state index contributed by atoms with van der Waals surface area (Å²) in [6, 6.07) is 18.8. The maximum Gasteiger partial charge on any atom is 0.338 e. The number of phenols is 1. The molecule has 3 heteroatoms. The summed E-state index contributed by atoms with van der Waals surface area (Å²) in [5.74, 6) is -0.309. The van der Waals surface area contributed by atoms with Crippen molar-refractivity contribution in [2.45, 2.75) is 19.8 Å². The van der Waals surface area contributed by atoms with Crippen LogP contribution in [0.1, 0.15) is 30.1 Å². The van der Waals surface area contributed by atoms with Gasteiger partial charge in [-0.05, 0) is 23.4 Å². The van der Waals surface area contributed by atoms with Gasteiger partial charge in [-0.3, -0.25) is 0 Å². The molecule has 3 nitrogen and oxygen atoms in total. The Morgan fingerprint density at radius 1 is 1.00 bits per heavy atom. The Balaban J connectivity index is 2.19. The number of esters is 1. The summed E-state index contributed by atoms with van der Waals surface area (Å²) in [4.78, 5) is 12.6. The van der Waals surface area contributed by atoms with Crippen molar-refractivity contribution < 1.29 is 14.6 Å². The summed E-state index contributed by atoms with van der Waals surface area (Å²) in [7, 11) is 0. The number of carbonyl (C=O) groups is 1. The second-order valence-electron chi connectivity index (χ2n) is 5.72. The number of benzene rings is 3. The molecule has 0 aromatic heterocycles. The minimum absolute atomic E-state index is 0.0905. The largest absolute Gasteiger partial charge is 0.507 e. The Hall–Kier alpha value is -2.81. The number of rotatable bonds is 5. The Kier molecular flexibility index (Phi) is 4.80. The molecule has 0 saturated carbocycles. The van der Waals surface area contributed by atoms with Crippen LogP contribution in [-0.4, -0.2) is 17.7 Å². The van der Waals surface area contributed by atoms with Gasteiger partial charge in [0.25, 0.3) is 0 Å². The molecule has 0 aliphatic carbocycles. The van der Waals surface area contributed by atoms with Crippen molar-refractivity contribution in [3.8, 4) is 16.9 Å². The van der Waals surface area contributed by atoms with Gasteiger partial charge in [-0.15, -0.1) is 0 Å². The van der Waals surface area contributed by atoms with Gasteiger partial charge in [0, 0.05) is 10.9 Å². The maximum atomic E-state index is 12.6. The van der Waals surface area contributed by atoms with Gasteiger partial charge in [-0.2, -0.15) is 0 Å². The van der Waals surface area contributed by atoms with E-state index in [1.807, 2.05) is 61.5 Å². The molecule has 0 heterocycles. The van der Waals surface area contributed by atoms with Crippen molar-refractivity contribution in [3.63, 3.8) is 0 Å². The first-order valence-electron chi connectivity index (χ1n) is 8.19. The number of fused-ring (bicyclic) bond motifs is 1. The van der Waals surface area contributed by atoms with Crippen molar-refractivity contribution in [1.29, 1.82) is 0 Å². The smallest absolute Gasteiger partial charge is 0.338 e. The van der Waals surface area contributed by atoms with Crippen molar-refractivity contribution in [2.24, 2.45) is 0 Å². The molecule has 0 spiro atoms. The van der Waals surface area contributed by atoms with Crippen LogP contribution < -0.4 is 0 Å². The summed E-state index contributed by atoms with van der Waals surface area (Å²) in [6.45, 7) is 2.43. The molecule has 3 aromatic carbocycles. The molecule has 0 fully saturated rings. The molecular weight excluding hydrogens is 300 g/mol. The number of hydrogen-bond donors (Lipinski definition) is 1. The predicted molar refractivity (Wildman–Crippen MR) is 96.2 cm³/mol. The van der Waals surface area contributed by atoms with Gasteiger partial charge in [0.15, 0.2) is 0 Å². The second-order valence-corrected chi connectivity index (χ2v) is 5.72. The third-order valence-corrected chi connectivity index (χ3v) is 4.04. The first-order valence-corrected chi connectivity index (χ1v) is 8.19. The molecular formula is C21H20O3. The third kappa shape index (κ3) is 3.11. The predicted octanol–water partition coefficient (Wildman–Crippen LogP) is 5.17. The minimum Gasteiger partial charge on any atom is -0.507 e. The number of aromatic hydroxyl groups is 1. The molecule has 0 atom stereocenters. The van der Waals surface area contributed by atoms with E-state index in [1.165, 1.54) is 6.07 Å². The molecule has 0 bridgehead atoms. The lowest BCUT2D eigenvalue weighted by Gasteiger charge is -2.14. The molecule has 0 radical (unpaired) electrons.